The molecule has 0 aliphatic heterocycles. The lowest BCUT2D eigenvalue weighted by Gasteiger charge is -2.10. The summed E-state index contributed by atoms with van der Waals surface area (Å²) in [6.07, 6.45) is 0. The highest BCUT2D eigenvalue weighted by molar-refractivity contribution is 7.71. The quantitative estimate of drug-likeness (QED) is 0.675. The Morgan fingerprint density at radius 3 is 2.75 bits per heavy atom. The molecule has 2 aromatic carbocycles. The molecule has 5 heteroatoms. The smallest absolute Gasteiger partial charge is 0.266 e. The molecule has 0 aliphatic carbocycles. The van der Waals surface area contributed by atoms with Gasteiger partial charge in [0, 0.05) is 0 Å². The molecule has 0 saturated carbocycles. The SMILES string of the molecule is Cc1ccc(O)c(-n2c(=S)[nH]c3ccccc3c2=O)c1. The van der Waals surface area contributed by atoms with E-state index in [1.54, 1.807) is 36.4 Å². The maximum absolute atomic E-state index is 12.6. The molecule has 3 rings (SSSR count). The van der Waals surface area contributed by atoms with Crippen molar-refractivity contribution in [1.82, 2.24) is 9.55 Å². The van der Waals surface area contributed by atoms with E-state index < -0.39 is 0 Å². The predicted molar refractivity (Wildman–Crippen MR) is 81.1 cm³/mol. The second-order valence-electron chi connectivity index (χ2n) is 4.61. The number of nitrogens with zero attached hydrogens (tertiary/aromatic N) is 1. The fourth-order valence-electron chi connectivity index (χ4n) is 2.19. The second-order valence-corrected chi connectivity index (χ2v) is 5.00. The van der Waals surface area contributed by atoms with Crippen LogP contribution in [-0.4, -0.2) is 14.7 Å². The summed E-state index contributed by atoms with van der Waals surface area (Å²) in [7, 11) is 0. The largest absolute Gasteiger partial charge is 0.506 e. The molecule has 1 heterocycles. The Balaban J connectivity index is 2.46. The molecule has 0 spiro atoms. The maximum Gasteiger partial charge on any atom is 0.266 e. The third-order valence-corrected chi connectivity index (χ3v) is 3.46. The van der Waals surface area contributed by atoms with Crippen LogP contribution in [0, 0.1) is 11.7 Å². The van der Waals surface area contributed by atoms with Crippen LogP contribution in [0.4, 0.5) is 0 Å². The molecule has 0 saturated heterocycles. The fraction of sp³-hybridized carbons (Fsp3) is 0.0667. The maximum atomic E-state index is 12.6. The normalized spacial score (nSPS) is 10.8. The number of phenolic OH excluding ortho intramolecular Hbond substituents is 1. The first kappa shape index (κ1) is 12.6. The number of hydrogen-bond acceptors (Lipinski definition) is 3. The van der Waals surface area contributed by atoms with Gasteiger partial charge in [-0.1, -0.05) is 18.2 Å². The van der Waals surface area contributed by atoms with E-state index in [2.05, 4.69) is 4.98 Å². The Morgan fingerprint density at radius 1 is 1.20 bits per heavy atom. The molecule has 0 aliphatic rings. The molecular formula is C15H12N2O2S. The number of fused-ring (bicyclic) bond motifs is 1. The first-order valence-electron chi connectivity index (χ1n) is 6.12. The van der Waals surface area contributed by atoms with Gasteiger partial charge in [-0.2, -0.15) is 0 Å². The van der Waals surface area contributed by atoms with Crippen molar-refractivity contribution < 1.29 is 5.11 Å². The van der Waals surface area contributed by atoms with Crippen molar-refractivity contribution in [3.05, 3.63) is 63.2 Å². The lowest BCUT2D eigenvalue weighted by atomic mass is 10.2. The Morgan fingerprint density at radius 2 is 1.95 bits per heavy atom. The monoisotopic (exact) mass is 284 g/mol. The number of aromatic amines is 1. The zero-order valence-electron chi connectivity index (χ0n) is 10.8. The van der Waals surface area contributed by atoms with Crippen LogP contribution < -0.4 is 5.56 Å². The van der Waals surface area contributed by atoms with Crippen LogP contribution >= 0.6 is 12.2 Å². The molecule has 4 nitrogen and oxygen atoms in total. The van der Waals surface area contributed by atoms with Crippen LogP contribution in [0.5, 0.6) is 5.75 Å². The van der Waals surface area contributed by atoms with E-state index in [1.165, 1.54) is 4.57 Å². The lowest BCUT2D eigenvalue weighted by molar-refractivity contribution is 0.471. The number of hydrogen-bond donors (Lipinski definition) is 2. The minimum Gasteiger partial charge on any atom is -0.506 e. The molecule has 0 radical (unpaired) electrons. The van der Waals surface area contributed by atoms with Gasteiger partial charge in [0.1, 0.15) is 5.75 Å². The van der Waals surface area contributed by atoms with Crippen LogP contribution in [0.1, 0.15) is 5.56 Å². The molecule has 0 amide bonds. The van der Waals surface area contributed by atoms with Gasteiger partial charge in [0.05, 0.1) is 16.6 Å². The topological polar surface area (TPSA) is 58.0 Å². The number of rotatable bonds is 1. The van der Waals surface area contributed by atoms with Crippen molar-refractivity contribution in [3.63, 3.8) is 0 Å². The van der Waals surface area contributed by atoms with Crippen molar-refractivity contribution in [2.45, 2.75) is 6.92 Å². The summed E-state index contributed by atoms with van der Waals surface area (Å²) >= 11 is 5.25. The zero-order chi connectivity index (χ0) is 14.3. The van der Waals surface area contributed by atoms with E-state index in [0.717, 1.165) is 5.56 Å². The molecule has 0 atom stereocenters. The lowest BCUT2D eigenvalue weighted by Crippen LogP contribution is -2.20. The van der Waals surface area contributed by atoms with Crippen molar-refractivity contribution in [2.24, 2.45) is 0 Å². The molecule has 100 valence electrons. The molecule has 0 bridgehead atoms. The predicted octanol–water partition coefficient (Wildman–Crippen LogP) is 3.06. The van der Waals surface area contributed by atoms with Crippen LogP contribution in [0.15, 0.2) is 47.3 Å². The minimum atomic E-state index is -0.245. The van der Waals surface area contributed by atoms with Crippen LogP contribution in [-0.2, 0) is 0 Å². The number of phenols is 1. The van der Waals surface area contributed by atoms with E-state index >= 15 is 0 Å². The van der Waals surface area contributed by atoms with Gasteiger partial charge >= 0.3 is 0 Å². The summed E-state index contributed by atoms with van der Waals surface area (Å²) in [6, 6.07) is 12.2. The number of aromatic hydroxyl groups is 1. The standard InChI is InChI=1S/C15H12N2O2S/c1-9-6-7-13(18)12(8-9)17-14(19)10-4-2-3-5-11(10)16-15(17)20/h2-8,18H,1H3,(H,16,20). The average molecular weight is 284 g/mol. The fourth-order valence-corrected chi connectivity index (χ4v) is 2.48. The average Bonchev–Trinajstić information content (AvgIpc) is 2.42. The molecule has 1 aromatic heterocycles. The van der Waals surface area contributed by atoms with E-state index in [-0.39, 0.29) is 16.1 Å². The summed E-state index contributed by atoms with van der Waals surface area (Å²) in [5.41, 5.74) is 1.77. The number of benzene rings is 2. The Hall–Kier alpha value is -2.40. The molecular weight excluding hydrogens is 272 g/mol. The first-order chi connectivity index (χ1) is 9.58. The van der Waals surface area contributed by atoms with Crippen LogP contribution in [0.3, 0.4) is 0 Å². The van der Waals surface area contributed by atoms with Gasteiger partial charge in [-0.25, -0.2) is 4.57 Å². The van der Waals surface area contributed by atoms with Crippen molar-refractivity contribution in [3.8, 4) is 11.4 Å². The molecule has 2 N–H and O–H groups in total. The highest BCUT2D eigenvalue weighted by Gasteiger charge is 2.10. The highest BCUT2D eigenvalue weighted by atomic mass is 32.1. The van der Waals surface area contributed by atoms with Gasteiger partial charge < -0.3 is 10.1 Å². The van der Waals surface area contributed by atoms with Gasteiger partial charge in [0.25, 0.3) is 5.56 Å². The van der Waals surface area contributed by atoms with Gasteiger partial charge in [0.2, 0.25) is 0 Å². The van der Waals surface area contributed by atoms with Crippen molar-refractivity contribution in [2.75, 3.05) is 0 Å². The van der Waals surface area contributed by atoms with Crippen molar-refractivity contribution >= 4 is 23.1 Å². The van der Waals surface area contributed by atoms with E-state index in [1.807, 2.05) is 13.0 Å². The minimum absolute atomic E-state index is 0.0208. The first-order valence-corrected chi connectivity index (χ1v) is 6.53. The summed E-state index contributed by atoms with van der Waals surface area (Å²) in [4.78, 5) is 15.6. The van der Waals surface area contributed by atoms with E-state index in [0.29, 0.717) is 16.6 Å². The Labute approximate surface area is 119 Å². The van der Waals surface area contributed by atoms with Gasteiger partial charge in [0.15, 0.2) is 4.77 Å². The number of aromatic nitrogens is 2. The van der Waals surface area contributed by atoms with Crippen LogP contribution in [0.25, 0.3) is 16.6 Å². The highest BCUT2D eigenvalue weighted by Crippen LogP contribution is 2.22. The van der Waals surface area contributed by atoms with Crippen LogP contribution in [0.2, 0.25) is 0 Å². The second kappa shape index (κ2) is 4.61. The van der Waals surface area contributed by atoms with E-state index in [4.69, 9.17) is 12.2 Å². The van der Waals surface area contributed by atoms with Gasteiger partial charge in [-0.05, 0) is 49.0 Å². The third-order valence-electron chi connectivity index (χ3n) is 3.18. The Bertz CT molecular complexity index is 925. The summed E-state index contributed by atoms with van der Waals surface area (Å²) in [5, 5.41) is 10.5. The number of aryl methyl sites for hydroxylation is 1. The van der Waals surface area contributed by atoms with Crippen molar-refractivity contribution in [1.29, 1.82) is 0 Å². The molecule has 20 heavy (non-hydrogen) atoms. The zero-order valence-corrected chi connectivity index (χ0v) is 11.6. The summed E-state index contributed by atoms with van der Waals surface area (Å²) < 4.78 is 1.58. The van der Waals surface area contributed by atoms with E-state index in [9.17, 15) is 9.90 Å². The number of H-pyrrole nitrogens is 1. The molecule has 3 aromatic rings. The Kier molecular flexibility index (Phi) is 2.91. The number of nitrogens with one attached hydrogen (secondary N) is 1. The number of para-hydroxylation sites is 1. The van der Waals surface area contributed by atoms with Gasteiger partial charge in [-0.15, -0.1) is 0 Å². The van der Waals surface area contributed by atoms with Gasteiger partial charge in [-0.3, -0.25) is 4.79 Å². The molecule has 0 fully saturated rings. The molecule has 0 unspecified atom stereocenters. The summed E-state index contributed by atoms with van der Waals surface area (Å²) in [5.74, 6) is 0.0208. The summed E-state index contributed by atoms with van der Waals surface area (Å²) in [6.45, 7) is 1.89. The third kappa shape index (κ3) is 1.92.